The van der Waals surface area contributed by atoms with Crippen molar-refractivity contribution in [3.63, 3.8) is 0 Å². The molecule has 0 atom stereocenters. The van der Waals surface area contributed by atoms with Crippen molar-refractivity contribution in [2.24, 2.45) is 0 Å². The molecule has 0 amide bonds. The van der Waals surface area contributed by atoms with E-state index in [0.717, 1.165) is 10.5 Å². The highest BCUT2D eigenvalue weighted by Gasteiger charge is 2.30. The number of anilines is 1. The van der Waals surface area contributed by atoms with Crippen molar-refractivity contribution < 1.29 is 18.0 Å². The van der Waals surface area contributed by atoms with E-state index < -0.39 is 12.7 Å². The van der Waals surface area contributed by atoms with Crippen LogP contribution in [0.25, 0.3) is 0 Å². The first-order valence-electron chi connectivity index (χ1n) is 5.25. The van der Waals surface area contributed by atoms with Crippen LogP contribution in [0, 0.1) is 6.92 Å². The summed E-state index contributed by atoms with van der Waals surface area (Å²) >= 11 is 0. The molecule has 2 nitrogen and oxygen atoms in total. The van der Waals surface area contributed by atoms with E-state index in [-0.39, 0.29) is 12.1 Å². The minimum absolute atomic E-state index is 0.198. The summed E-state index contributed by atoms with van der Waals surface area (Å²) in [6.45, 7) is 2.56. The van der Waals surface area contributed by atoms with Gasteiger partial charge < -0.3 is 4.90 Å². The van der Waals surface area contributed by atoms with Gasteiger partial charge in [0, 0.05) is 17.8 Å². The third kappa shape index (κ3) is 3.76. The van der Waals surface area contributed by atoms with E-state index in [1.165, 1.54) is 0 Å². The van der Waals surface area contributed by atoms with Gasteiger partial charge in [0.05, 0.1) is 0 Å². The van der Waals surface area contributed by atoms with Crippen LogP contribution >= 0.6 is 0 Å². The first-order chi connectivity index (χ1) is 7.87. The fourth-order valence-electron chi connectivity index (χ4n) is 1.64. The molecule has 0 aromatic heterocycles. The number of nitrogens with zero attached hydrogens (tertiary/aromatic N) is 1. The molecular formula is C12H14F3NO. The zero-order chi connectivity index (χ0) is 13.1. The maximum atomic E-state index is 12.4. The fraction of sp³-hybridized carbons (Fsp3) is 0.417. The molecule has 0 N–H and O–H groups in total. The Morgan fingerprint density at radius 1 is 1.35 bits per heavy atom. The molecule has 0 aliphatic heterocycles. The number of aryl methyl sites for hydroxylation is 1. The van der Waals surface area contributed by atoms with Gasteiger partial charge in [0.2, 0.25) is 0 Å². The normalized spacial score (nSPS) is 11.4. The predicted molar refractivity (Wildman–Crippen MR) is 60.5 cm³/mol. The van der Waals surface area contributed by atoms with Crippen LogP contribution in [-0.4, -0.2) is 25.6 Å². The quantitative estimate of drug-likeness (QED) is 0.759. The molecule has 0 aliphatic carbocycles. The second-order valence-corrected chi connectivity index (χ2v) is 3.81. The summed E-state index contributed by atoms with van der Waals surface area (Å²) < 4.78 is 37.1. The second kappa shape index (κ2) is 5.21. The number of alkyl halides is 3. The number of carbonyl (C=O) groups is 1. The topological polar surface area (TPSA) is 20.3 Å². The zero-order valence-electron chi connectivity index (χ0n) is 9.71. The predicted octanol–water partition coefficient (Wildman–Crippen LogP) is 3.20. The van der Waals surface area contributed by atoms with Gasteiger partial charge in [-0.25, -0.2) is 0 Å². The molecule has 0 unspecified atom stereocenters. The van der Waals surface area contributed by atoms with E-state index in [4.69, 9.17) is 0 Å². The second-order valence-electron chi connectivity index (χ2n) is 3.81. The van der Waals surface area contributed by atoms with Crippen molar-refractivity contribution >= 4 is 12.0 Å². The van der Waals surface area contributed by atoms with Gasteiger partial charge in [-0.1, -0.05) is 11.6 Å². The number of aldehydes is 1. The van der Waals surface area contributed by atoms with Gasteiger partial charge in [0.15, 0.2) is 6.29 Å². The average molecular weight is 245 g/mol. The summed E-state index contributed by atoms with van der Waals surface area (Å²) in [5.41, 5.74) is 1.46. The maximum absolute atomic E-state index is 12.4. The van der Waals surface area contributed by atoms with Gasteiger partial charge in [-0.2, -0.15) is 13.2 Å². The molecule has 0 heterocycles. The molecule has 0 saturated heterocycles. The van der Waals surface area contributed by atoms with Gasteiger partial charge in [0.1, 0.15) is 6.54 Å². The van der Waals surface area contributed by atoms with Gasteiger partial charge in [-0.05, 0) is 26.0 Å². The third-order valence-electron chi connectivity index (χ3n) is 2.40. The average Bonchev–Trinajstić information content (AvgIpc) is 2.24. The van der Waals surface area contributed by atoms with E-state index in [1.54, 1.807) is 32.0 Å². The van der Waals surface area contributed by atoms with Crippen LogP contribution in [0.3, 0.4) is 0 Å². The summed E-state index contributed by atoms with van der Waals surface area (Å²) in [5.74, 6) is 0. The Bertz CT molecular complexity index is 401. The first kappa shape index (κ1) is 13.5. The van der Waals surface area contributed by atoms with Gasteiger partial charge in [-0.15, -0.1) is 0 Å². The van der Waals surface area contributed by atoms with Crippen molar-refractivity contribution in [2.75, 3.05) is 18.0 Å². The Labute approximate surface area is 98.0 Å². The highest BCUT2D eigenvalue weighted by molar-refractivity contribution is 5.85. The Morgan fingerprint density at radius 3 is 2.47 bits per heavy atom. The summed E-state index contributed by atoms with van der Waals surface area (Å²) in [5, 5.41) is 0. The van der Waals surface area contributed by atoms with Gasteiger partial charge in [0.25, 0.3) is 0 Å². The number of hydrogen-bond donors (Lipinski definition) is 0. The molecule has 0 bridgehead atoms. The third-order valence-corrected chi connectivity index (χ3v) is 2.40. The highest BCUT2D eigenvalue weighted by Crippen LogP contribution is 2.25. The van der Waals surface area contributed by atoms with E-state index >= 15 is 0 Å². The molecule has 1 rings (SSSR count). The van der Waals surface area contributed by atoms with Gasteiger partial charge >= 0.3 is 6.18 Å². The largest absolute Gasteiger partial charge is 0.405 e. The zero-order valence-corrected chi connectivity index (χ0v) is 9.71. The maximum Gasteiger partial charge on any atom is 0.405 e. The van der Waals surface area contributed by atoms with Crippen LogP contribution in [0.4, 0.5) is 18.9 Å². The Kier molecular flexibility index (Phi) is 4.15. The number of hydrogen-bond acceptors (Lipinski definition) is 2. The lowest BCUT2D eigenvalue weighted by atomic mass is 10.1. The summed E-state index contributed by atoms with van der Waals surface area (Å²) in [4.78, 5) is 12.0. The van der Waals surface area contributed by atoms with Crippen molar-refractivity contribution in [3.05, 3.63) is 29.3 Å². The molecule has 1 aromatic rings. The number of rotatable bonds is 4. The van der Waals surface area contributed by atoms with Crippen LogP contribution in [0.1, 0.15) is 22.8 Å². The number of carbonyl (C=O) groups excluding carboxylic acids is 1. The molecule has 0 saturated carbocycles. The summed E-state index contributed by atoms with van der Waals surface area (Å²) in [6, 6.07) is 4.83. The molecular weight excluding hydrogens is 231 g/mol. The van der Waals surface area contributed by atoms with Crippen molar-refractivity contribution in [3.8, 4) is 0 Å². The molecule has 0 aliphatic rings. The van der Waals surface area contributed by atoms with Crippen LogP contribution in [0.2, 0.25) is 0 Å². The molecule has 1 aromatic carbocycles. The van der Waals surface area contributed by atoms with Crippen molar-refractivity contribution in [2.45, 2.75) is 20.0 Å². The molecule has 17 heavy (non-hydrogen) atoms. The molecule has 0 spiro atoms. The monoisotopic (exact) mass is 245 g/mol. The molecule has 5 heteroatoms. The minimum Gasteiger partial charge on any atom is -0.362 e. The van der Waals surface area contributed by atoms with E-state index in [0.29, 0.717) is 12.0 Å². The lowest BCUT2D eigenvalue weighted by Crippen LogP contribution is -2.34. The SMILES string of the molecule is CCN(CC(F)(F)F)c1ccc(C)cc1C=O. The highest BCUT2D eigenvalue weighted by atomic mass is 19.4. The molecule has 94 valence electrons. The summed E-state index contributed by atoms with van der Waals surface area (Å²) in [7, 11) is 0. The van der Waals surface area contributed by atoms with Crippen LogP contribution in [0.5, 0.6) is 0 Å². The van der Waals surface area contributed by atoms with Crippen molar-refractivity contribution in [1.29, 1.82) is 0 Å². The van der Waals surface area contributed by atoms with Crippen LogP contribution in [-0.2, 0) is 0 Å². The van der Waals surface area contributed by atoms with Crippen LogP contribution < -0.4 is 4.90 Å². The van der Waals surface area contributed by atoms with Crippen LogP contribution in [0.15, 0.2) is 18.2 Å². The lowest BCUT2D eigenvalue weighted by Gasteiger charge is -2.25. The first-order valence-corrected chi connectivity index (χ1v) is 5.25. The molecule has 0 radical (unpaired) electrons. The number of benzene rings is 1. The lowest BCUT2D eigenvalue weighted by molar-refractivity contribution is -0.119. The van der Waals surface area contributed by atoms with E-state index in [2.05, 4.69) is 0 Å². The fourth-order valence-corrected chi connectivity index (χ4v) is 1.64. The van der Waals surface area contributed by atoms with Gasteiger partial charge in [-0.3, -0.25) is 4.79 Å². The Hall–Kier alpha value is -1.52. The van der Waals surface area contributed by atoms with Crippen molar-refractivity contribution in [1.82, 2.24) is 0 Å². The minimum atomic E-state index is -4.28. The Balaban J connectivity index is 3.07. The molecule has 0 fully saturated rings. The van der Waals surface area contributed by atoms with E-state index in [1.807, 2.05) is 0 Å². The number of halogens is 3. The van der Waals surface area contributed by atoms with E-state index in [9.17, 15) is 18.0 Å². The standard InChI is InChI=1S/C12H14F3NO/c1-3-16(8-12(13,14)15)11-5-4-9(2)6-10(11)7-17/h4-7H,3,8H2,1-2H3. The smallest absolute Gasteiger partial charge is 0.362 e. The Morgan fingerprint density at radius 2 is 2.00 bits per heavy atom. The summed E-state index contributed by atoms with van der Waals surface area (Å²) in [6.07, 6.45) is -3.69.